The SMILES string of the molecule is CC[C@@H](CO)NC(=O)C1(Cc2ccc(-c3ccncc3)cc2)CCOCC1. The van der Waals surface area contributed by atoms with E-state index in [9.17, 15) is 9.90 Å². The number of hydrogen-bond acceptors (Lipinski definition) is 4. The minimum atomic E-state index is -0.473. The summed E-state index contributed by atoms with van der Waals surface area (Å²) in [6.07, 6.45) is 6.38. The Morgan fingerprint density at radius 1 is 1.15 bits per heavy atom. The van der Waals surface area contributed by atoms with Crippen LogP contribution in [0.2, 0.25) is 0 Å². The van der Waals surface area contributed by atoms with Crippen LogP contribution in [-0.4, -0.2) is 41.9 Å². The number of aromatic nitrogens is 1. The summed E-state index contributed by atoms with van der Waals surface area (Å²) >= 11 is 0. The Hall–Kier alpha value is -2.24. The van der Waals surface area contributed by atoms with E-state index in [-0.39, 0.29) is 18.6 Å². The predicted octanol–water partition coefficient (Wildman–Crippen LogP) is 2.98. The van der Waals surface area contributed by atoms with Gasteiger partial charge in [0.05, 0.1) is 18.1 Å². The second kappa shape index (κ2) is 9.11. The Labute approximate surface area is 160 Å². The molecule has 2 aromatic rings. The zero-order valence-corrected chi connectivity index (χ0v) is 15.9. The van der Waals surface area contributed by atoms with Gasteiger partial charge in [-0.05, 0) is 54.5 Å². The second-order valence-electron chi connectivity index (χ2n) is 7.26. The van der Waals surface area contributed by atoms with Crippen LogP contribution in [0.1, 0.15) is 31.7 Å². The highest BCUT2D eigenvalue weighted by molar-refractivity contribution is 5.83. The molecule has 0 aliphatic carbocycles. The molecule has 0 bridgehead atoms. The third kappa shape index (κ3) is 4.73. The molecule has 1 aromatic heterocycles. The zero-order chi connectivity index (χ0) is 19.1. The molecular weight excluding hydrogens is 340 g/mol. The van der Waals surface area contributed by atoms with E-state index in [4.69, 9.17) is 4.74 Å². The van der Waals surface area contributed by atoms with Gasteiger partial charge in [-0.25, -0.2) is 0 Å². The van der Waals surface area contributed by atoms with E-state index in [1.54, 1.807) is 12.4 Å². The number of aliphatic hydroxyl groups is 1. The Balaban J connectivity index is 1.77. The number of ether oxygens (including phenoxy) is 1. The van der Waals surface area contributed by atoms with Gasteiger partial charge in [0.15, 0.2) is 0 Å². The van der Waals surface area contributed by atoms with Crippen LogP contribution in [-0.2, 0) is 16.0 Å². The normalized spacial score (nSPS) is 17.3. The molecule has 1 saturated heterocycles. The van der Waals surface area contributed by atoms with Crippen molar-refractivity contribution in [1.29, 1.82) is 0 Å². The minimum absolute atomic E-state index is 0.0323. The van der Waals surface area contributed by atoms with Crippen molar-refractivity contribution in [2.75, 3.05) is 19.8 Å². The number of carbonyl (C=O) groups is 1. The summed E-state index contributed by atoms with van der Waals surface area (Å²) < 4.78 is 5.51. The molecule has 1 atom stereocenters. The second-order valence-corrected chi connectivity index (χ2v) is 7.26. The lowest BCUT2D eigenvalue weighted by Crippen LogP contribution is -2.50. The van der Waals surface area contributed by atoms with Crippen LogP contribution in [0.5, 0.6) is 0 Å². The molecule has 2 N–H and O–H groups in total. The molecule has 1 aromatic carbocycles. The molecule has 27 heavy (non-hydrogen) atoms. The predicted molar refractivity (Wildman–Crippen MR) is 105 cm³/mol. The van der Waals surface area contributed by atoms with Crippen molar-refractivity contribution in [3.63, 3.8) is 0 Å². The Morgan fingerprint density at radius 3 is 2.37 bits per heavy atom. The molecule has 1 aliphatic rings. The van der Waals surface area contributed by atoms with Crippen LogP contribution < -0.4 is 5.32 Å². The van der Waals surface area contributed by atoms with Gasteiger partial charge in [0.1, 0.15) is 0 Å². The molecule has 2 heterocycles. The first-order chi connectivity index (χ1) is 13.2. The molecule has 0 saturated carbocycles. The van der Waals surface area contributed by atoms with Crippen LogP contribution in [0.3, 0.4) is 0 Å². The highest BCUT2D eigenvalue weighted by Crippen LogP contribution is 2.35. The van der Waals surface area contributed by atoms with Crippen molar-refractivity contribution in [1.82, 2.24) is 10.3 Å². The molecular formula is C22H28N2O3. The van der Waals surface area contributed by atoms with Crippen molar-refractivity contribution in [3.05, 3.63) is 54.4 Å². The summed E-state index contributed by atoms with van der Waals surface area (Å²) in [6, 6.07) is 12.2. The fourth-order valence-electron chi connectivity index (χ4n) is 3.61. The van der Waals surface area contributed by atoms with Gasteiger partial charge in [0.25, 0.3) is 0 Å². The fraction of sp³-hybridized carbons (Fsp3) is 0.455. The molecule has 1 aliphatic heterocycles. The molecule has 0 unspecified atom stereocenters. The standard InChI is InChI=1S/C22H28N2O3/c1-2-20(16-25)24-21(26)22(9-13-27-14-10-22)15-17-3-5-18(6-4-17)19-7-11-23-12-8-19/h3-8,11-12,20,25H,2,9-10,13-16H2,1H3,(H,24,26)/t20-/m0/s1. The van der Waals surface area contributed by atoms with Gasteiger partial charge in [-0.3, -0.25) is 9.78 Å². The summed E-state index contributed by atoms with van der Waals surface area (Å²) in [5.41, 5.74) is 2.93. The van der Waals surface area contributed by atoms with Crippen molar-refractivity contribution in [2.45, 2.75) is 38.6 Å². The first-order valence-electron chi connectivity index (χ1n) is 9.66. The molecule has 1 fully saturated rings. The lowest BCUT2D eigenvalue weighted by atomic mass is 9.74. The van der Waals surface area contributed by atoms with Crippen molar-refractivity contribution in [2.24, 2.45) is 5.41 Å². The Morgan fingerprint density at radius 2 is 1.78 bits per heavy atom. The van der Waals surface area contributed by atoms with Crippen LogP contribution in [0.4, 0.5) is 0 Å². The van der Waals surface area contributed by atoms with Gasteiger partial charge in [-0.1, -0.05) is 31.2 Å². The summed E-state index contributed by atoms with van der Waals surface area (Å²) in [4.78, 5) is 17.1. The van der Waals surface area contributed by atoms with E-state index >= 15 is 0 Å². The van der Waals surface area contributed by atoms with Crippen LogP contribution >= 0.6 is 0 Å². The lowest BCUT2D eigenvalue weighted by molar-refractivity contribution is -0.137. The van der Waals surface area contributed by atoms with E-state index in [1.165, 1.54) is 0 Å². The minimum Gasteiger partial charge on any atom is -0.394 e. The molecule has 5 nitrogen and oxygen atoms in total. The summed E-state index contributed by atoms with van der Waals surface area (Å²) in [6.45, 7) is 3.13. The van der Waals surface area contributed by atoms with Crippen molar-refractivity contribution in [3.8, 4) is 11.1 Å². The average Bonchev–Trinajstić information content (AvgIpc) is 2.73. The number of amides is 1. The maximum absolute atomic E-state index is 13.1. The number of carbonyl (C=O) groups excluding carboxylic acids is 1. The first-order valence-corrected chi connectivity index (χ1v) is 9.66. The van der Waals surface area contributed by atoms with Gasteiger partial charge in [-0.15, -0.1) is 0 Å². The number of nitrogens with zero attached hydrogens (tertiary/aromatic N) is 1. The monoisotopic (exact) mass is 368 g/mol. The fourth-order valence-corrected chi connectivity index (χ4v) is 3.61. The number of nitrogens with one attached hydrogen (secondary N) is 1. The highest BCUT2D eigenvalue weighted by atomic mass is 16.5. The topological polar surface area (TPSA) is 71.5 Å². The quantitative estimate of drug-likeness (QED) is 0.788. The molecule has 3 rings (SSSR count). The molecule has 0 radical (unpaired) electrons. The number of aliphatic hydroxyl groups excluding tert-OH is 1. The summed E-state index contributed by atoms with van der Waals surface area (Å²) in [7, 11) is 0. The lowest BCUT2D eigenvalue weighted by Gasteiger charge is -2.37. The smallest absolute Gasteiger partial charge is 0.227 e. The number of benzene rings is 1. The van der Waals surface area contributed by atoms with E-state index in [1.807, 2.05) is 19.1 Å². The van der Waals surface area contributed by atoms with E-state index in [0.717, 1.165) is 23.1 Å². The number of rotatable bonds is 7. The zero-order valence-electron chi connectivity index (χ0n) is 15.9. The van der Waals surface area contributed by atoms with Crippen LogP contribution in [0.15, 0.2) is 48.8 Å². The van der Waals surface area contributed by atoms with Gasteiger partial charge < -0.3 is 15.2 Å². The first kappa shape index (κ1) is 19.5. The van der Waals surface area contributed by atoms with Gasteiger partial charge >= 0.3 is 0 Å². The maximum Gasteiger partial charge on any atom is 0.227 e. The summed E-state index contributed by atoms with van der Waals surface area (Å²) in [5.74, 6) is 0.0323. The Kier molecular flexibility index (Phi) is 6.58. The molecule has 144 valence electrons. The van der Waals surface area contributed by atoms with E-state index < -0.39 is 5.41 Å². The maximum atomic E-state index is 13.1. The van der Waals surface area contributed by atoms with Crippen LogP contribution in [0.25, 0.3) is 11.1 Å². The van der Waals surface area contributed by atoms with Gasteiger partial charge in [-0.2, -0.15) is 0 Å². The molecule has 1 amide bonds. The van der Waals surface area contributed by atoms with Gasteiger partial charge in [0, 0.05) is 25.6 Å². The van der Waals surface area contributed by atoms with E-state index in [2.05, 4.69) is 34.6 Å². The molecule has 0 spiro atoms. The van der Waals surface area contributed by atoms with Crippen molar-refractivity contribution < 1.29 is 14.6 Å². The third-order valence-corrected chi connectivity index (χ3v) is 5.49. The number of hydrogen-bond donors (Lipinski definition) is 2. The van der Waals surface area contributed by atoms with Crippen molar-refractivity contribution >= 4 is 5.91 Å². The third-order valence-electron chi connectivity index (χ3n) is 5.49. The van der Waals surface area contributed by atoms with Crippen LogP contribution in [0, 0.1) is 5.41 Å². The summed E-state index contributed by atoms with van der Waals surface area (Å²) in [5, 5.41) is 12.5. The Bertz CT molecular complexity index is 721. The van der Waals surface area contributed by atoms with Gasteiger partial charge in [0.2, 0.25) is 5.91 Å². The van der Waals surface area contributed by atoms with E-state index in [0.29, 0.717) is 32.5 Å². The number of pyridine rings is 1. The average molecular weight is 368 g/mol. The molecule has 5 heteroatoms. The highest BCUT2D eigenvalue weighted by Gasteiger charge is 2.40. The largest absolute Gasteiger partial charge is 0.394 e.